The molecule has 3 heteroatoms. The van der Waals surface area contributed by atoms with Gasteiger partial charge in [-0.2, -0.15) is 0 Å². The molecule has 19 heavy (non-hydrogen) atoms. The minimum Gasteiger partial charge on any atom is -0.303 e. The van der Waals surface area contributed by atoms with E-state index in [9.17, 15) is 0 Å². The van der Waals surface area contributed by atoms with Gasteiger partial charge in [-0.3, -0.25) is 0 Å². The van der Waals surface area contributed by atoms with Crippen molar-refractivity contribution in [2.24, 2.45) is 11.8 Å². The van der Waals surface area contributed by atoms with Crippen molar-refractivity contribution >= 4 is 11.3 Å². The Bertz CT molecular complexity index is 397. The van der Waals surface area contributed by atoms with Crippen LogP contribution in [0, 0.1) is 11.8 Å². The van der Waals surface area contributed by atoms with Crippen LogP contribution in [0.2, 0.25) is 0 Å². The summed E-state index contributed by atoms with van der Waals surface area (Å²) in [4.78, 5) is 4.66. The molecule has 106 valence electrons. The average Bonchev–Trinajstić information content (AvgIpc) is 2.99. The van der Waals surface area contributed by atoms with E-state index in [1.807, 2.05) is 17.5 Å². The quantitative estimate of drug-likeness (QED) is 0.867. The van der Waals surface area contributed by atoms with E-state index in [1.165, 1.54) is 50.0 Å². The lowest BCUT2D eigenvalue weighted by Crippen LogP contribution is -2.47. The summed E-state index contributed by atoms with van der Waals surface area (Å²) in [6, 6.07) is 0.765. The zero-order valence-corrected chi connectivity index (χ0v) is 13.0. The van der Waals surface area contributed by atoms with Crippen molar-refractivity contribution in [3.8, 4) is 0 Å². The maximum Gasteiger partial charge on any atom is 0.113 e. The predicted octanol–water partition coefficient (Wildman–Crippen LogP) is 4.33. The van der Waals surface area contributed by atoms with Crippen LogP contribution in [0.15, 0.2) is 11.6 Å². The highest BCUT2D eigenvalue weighted by atomic mass is 32.1. The molecule has 1 heterocycles. The maximum absolute atomic E-state index is 4.66. The topological polar surface area (TPSA) is 24.9 Å². The lowest BCUT2D eigenvalue weighted by Gasteiger charge is -2.41. The molecule has 1 N–H and O–H groups in total. The van der Waals surface area contributed by atoms with Crippen LogP contribution in [0.25, 0.3) is 0 Å². The lowest BCUT2D eigenvalue weighted by molar-refractivity contribution is 0.159. The zero-order valence-electron chi connectivity index (χ0n) is 12.2. The molecule has 2 saturated carbocycles. The monoisotopic (exact) mass is 278 g/mol. The third-order valence-corrected chi connectivity index (χ3v) is 5.53. The van der Waals surface area contributed by atoms with Crippen LogP contribution in [0.5, 0.6) is 0 Å². The second-order valence-electron chi connectivity index (χ2n) is 6.93. The van der Waals surface area contributed by atoms with Crippen LogP contribution in [0.1, 0.15) is 63.8 Å². The highest BCUT2D eigenvalue weighted by molar-refractivity contribution is 7.09. The molecular formula is C16H26N2S. The predicted molar refractivity (Wildman–Crippen MR) is 81.4 cm³/mol. The molecule has 0 amide bonds. The summed E-state index contributed by atoms with van der Waals surface area (Å²) in [5, 5.41) is 7.44. The van der Waals surface area contributed by atoms with Gasteiger partial charge in [0.15, 0.2) is 0 Å². The molecule has 0 aromatic carbocycles. The van der Waals surface area contributed by atoms with E-state index >= 15 is 0 Å². The van der Waals surface area contributed by atoms with E-state index < -0.39 is 0 Å². The van der Waals surface area contributed by atoms with Gasteiger partial charge in [0.05, 0.1) is 5.54 Å². The first kappa shape index (κ1) is 13.6. The fourth-order valence-electron chi connectivity index (χ4n) is 3.72. The van der Waals surface area contributed by atoms with Crippen molar-refractivity contribution in [2.75, 3.05) is 0 Å². The molecule has 1 aromatic rings. The van der Waals surface area contributed by atoms with Crippen LogP contribution < -0.4 is 5.32 Å². The summed E-state index contributed by atoms with van der Waals surface area (Å²) < 4.78 is 0. The van der Waals surface area contributed by atoms with Crippen molar-refractivity contribution in [3.63, 3.8) is 0 Å². The van der Waals surface area contributed by atoms with Crippen molar-refractivity contribution in [2.45, 2.75) is 70.4 Å². The Hall–Kier alpha value is -0.410. The molecule has 0 spiro atoms. The van der Waals surface area contributed by atoms with Crippen molar-refractivity contribution in [1.82, 2.24) is 10.3 Å². The van der Waals surface area contributed by atoms with E-state index in [-0.39, 0.29) is 5.54 Å². The summed E-state index contributed by atoms with van der Waals surface area (Å²) in [5.74, 6) is 1.70. The van der Waals surface area contributed by atoms with E-state index in [1.54, 1.807) is 0 Å². The first-order valence-corrected chi connectivity index (χ1v) is 8.73. The Morgan fingerprint density at radius 2 is 2.26 bits per heavy atom. The molecule has 2 fully saturated rings. The highest BCUT2D eigenvalue weighted by Crippen LogP contribution is 2.44. The molecule has 2 nitrogen and oxygen atoms in total. The van der Waals surface area contributed by atoms with Gasteiger partial charge in [-0.05, 0) is 43.9 Å². The van der Waals surface area contributed by atoms with Gasteiger partial charge in [-0.1, -0.05) is 26.7 Å². The fraction of sp³-hybridized carbons (Fsp3) is 0.812. The van der Waals surface area contributed by atoms with Gasteiger partial charge in [0.2, 0.25) is 0 Å². The Labute approximate surface area is 121 Å². The largest absolute Gasteiger partial charge is 0.303 e. The summed E-state index contributed by atoms with van der Waals surface area (Å²) in [6.45, 7) is 4.71. The Morgan fingerprint density at radius 3 is 2.89 bits per heavy atom. The van der Waals surface area contributed by atoms with E-state index in [0.717, 1.165) is 17.9 Å². The number of rotatable bonds is 5. The van der Waals surface area contributed by atoms with Crippen molar-refractivity contribution in [1.29, 1.82) is 0 Å². The minimum atomic E-state index is 0.202. The van der Waals surface area contributed by atoms with E-state index in [2.05, 4.69) is 29.5 Å². The van der Waals surface area contributed by atoms with Crippen molar-refractivity contribution < 1.29 is 0 Å². The highest BCUT2D eigenvalue weighted by Gasteiger charge is 2.43. The molecule has 2 aliphatic carbocycles. The Kier molecular flexibility index (Phi) is 3.95. The van der Waals surface area contributed by atoms with E-state index in [0.29, 0.717) is 0 Å². The molecule has 2 atom stereocenters. The zero-order chi connectivity index (χ0) is 13.3. The second kappa shape index (κ2) is 5.53. The number of hydrogen-bond donors (Lipinski definition) is 1. The molecule has 2 unspecified atom stereocenters. The lowest BCUT2D eigenvalue weighted by atomic mass is 9.73. The first-order valence-electron chi connectivity index (χ1n) is 7.85. The molecule has 0 bridgehead atoms. The number of aromatic nitrogens is 1. The van der Waals surface area contributed by atoms with E-state index in [4.69, 9.17) is 0 Å². The normalized spacial score (nSPS) is 31.8. The van der Waals surface area contributed by atoms with Gasteiger partial charge < -0.3 is 5.32 Å². The molecular weight excluding hydrogens is 252 g/mol. The van der Waals surface area contributed by atoms with Gasteiger partial charge in [0.1, 0.15) is 5.01 Å². The maximum atomic E-state index is 4.66. The second-order valence-corrected chi connectivity index (χ2v) is 7.82. The standard InChI is InChI=1S/C16H26N2S/c1-12(2)10-13-4-3-7-16(11-13,18-14-5-6-14)15-17-8-9-19-15/h8-9,12-14,18H,3-7,10-11H2,1-2H3. The van der Waals surface area contributed by atoms with Crippen molar-refractivity contribution in [3.05, 3.63) is 16.6 Å². The van der Waals surface area contributed by atoms with Crippen LogP contribution in [0.3, 0.4) is 0 Å². The molecule has 1 aromatic heterocycles. The molecule has 0 saturated heterocycles. The summed E-state index contributed by atoms with van der Waals surface area (Å²) in [5.41, 5.74) is 0.202. The Balaban J connectivity index is 1.78. The number of nitrogens with one attached hydrogen (secondary N) is 1. The molecule has 2 aliphatic rings. The molecule has 3 rings (SSSR count). The fourth-order valence-corrected chi connectivity index (χ4v) is 4.56. The van der Waals surface area contributed by atoms with Gasteiger partial charge in [0, 0.05) is 17.6 Å². The van der Waals surface area contributed by atoms with Gasteiger partial charge >= 0.3 is 0 Å². The van der Waals surface area contributed by atoms with Crippen LogP contribution in [-0.2, 0) is 5.54 Å². The third-order valence-electron chi connectivity index (χ3n) is 4.56. The summed E-state index contributed by atoms with van der Waals surface area (Å²) in [6.07, 6.45) is 11.4. The van der Waals surface area contributed by atoms with Gasteiger partial charge in [0.25, 0.3) is 0 Å². The third kappa shape index (κ3) is 3.19. The molecule has 0 aliphatic heterocycles. The van der Waals surface area contributed by atoms with Gasteiger partial charge in [-0.25, -0.2) is 4.98 Å². The van der Waals surface area contributed by atoms with Crippen LogP contribution in [-0.4, -0.2) is 11.0 Å². The van der Waals surface area contributed by atoms with Crippen LogP contribution in [0.4, 0.5) is 0 Å². The average molecular weight is 278 g/mol. The number of nitrogens with zero attached hydrogens (tertiary/aromatic N) is 1. The summed E-state index contributed by atoms with van der Waals surface area (Å²) in [7, 11) is 0. The minimum absolute atomic E-state index is 0.202. The smallest absolute Gasteiger partial charge is 0.113 e. The Morgan fingerprint density at radius 1 is 1.42 bits per heavy atom. The number of hydrogen-bond acceptors (Lipinski definition) is 3. The SMILES string of the molecule is CC(C)CC1CCCC(NC2CC2)(c2nccs2)C1. The summed E-state index contributed by atoms with van der Waals surface area (Å²) >= 11 is 1.85. The molecule has 0 radical (unpaired) electrons. The number of thiazole rings is 1. The van der Waals surface area contributed by atoms with Crippen LogP contribution >= 0.6 is 11.3 Å². The van der Waals surface area contributed by atoms with Gasteiger partial charge in [-0.15, -0.1) is 11.3 Å². The first-order chi connectivity index (χ1) is 9.18.